The molecule has 0 bridgehead atoms. The molecule has 0 radical (unpaired) electrons. The maximum atomic E-state index is 12.4. The number of hydrogen-bond acceptors (Lipinski definition) is 5. The monoisotopic (exact) mass is 476 g/mol. The van der Waals surface area contributed by atoms with Crippen molar-refractivity contribution >= 4 is 37.7 Å². The summed E-state index contributed by atoms with van der Waals surface area (Å²) in [5.74, 6) is 0.908. The molecule has 7 heteroatoms. The summed E-state index contributed by atoms with van der Waals surface area (Å²) in [5.41, 5.74) is 0.850. The zero-order chi connectivity index (χ0) is 19.0. The van der Waals surface area contributed by atoms with Crippen LogP contribution in [0.3, 0.4) is 0 Å². The number of ether oxygens (including phenoxy) is 1. The molecule has 1 aromatic rings. The van der Waals surface area contributed by atoms with Gasteiger partial charge in [0.15, 0.2) is 0 Å². The van der Waals surface area contributed by atoms with Crippen molar-refractivity contribution in [3.63, 3.8) is 0 Å². The van der Waals surface area contributed by atoms with Crippen LogP contribution in [0.1, 0.15) is 32.8 Å². The molecule has 0 saturated carbocycles. The molecule has 1 saturated heterocycles. The number of pyridine rings is 1. The number of rotatable bonds is 5. The second-order valence-corrected chi connectivity index (χ2v) is 25.3. The number of anilines is 1. The van der Waals surface area contributed by atoms with Gasteiger partial charge in [-0.1, -0.05) is 0 Å². The Balaban J connectivity index is 2.63. The summed E-state index contributed by atoms with van der Waals surface area (Å²) in [6, 6.07) is 4.32. The van der Waals surface area contributed by atoms with Gasteiger partial charge in [0.2, 0.25) is 0 Å². The molecule has 142 valence electrons. The maximum absolute atomic E-state index is 12.4. The van der Waals surface area contributed by atoms with Crippen LogP contribution >= 0.6 is 0 Å². The second kappa shape index (κ2) is 7.35. The quantitative estimate of drug-likeness (QED) is 0.613. The fraction of sp³-hybridized carbons (Fsp3) is 0.722. The van der Waals surface area contributed by atoms with Gasteiger partial charge < -0.3 is 0 Å². The third kappa shape index (κ3) is 4.50. The van der Waals surface area contributed by atoms with Gasteiger partial charge in [-0.3, -0.25) is 0 Å². The summed E-state index contributed by atoms with van der Waals surface area (Å²) in [4.78, 5) is 14.2. The number of hydrogen-bond donors (Lipinski definition) is 0. The molecule has 2 rings (SSSR count). The molecule has 1 aliphatic heterocycles. The van der Waals surface area contributed by atoms with Crippen molar-refractivity contribution in [2.45, 2.75) is 52.8 Å². The normalized spacial score (nSPS) is 20.0. The van der Waals surface area contributed by atoms with Crippen molar-refractivity contribution in [1.82, 2.24) is 4.98 Å². The topological polar surface area (TPSA) is 59.5 Å². The van der Waals surface area contributed by atoms with Crippen LogP contribution in [0, 0.1) is 0 Å². The van der Waals surface area contributed by atoms with E-state index in [1.165, 1.54) is 6.26 Å². The van der Waals surface area contributed by atoms with E-state index in [9.17, 15) is 8.42 Å². The molecule has 5 nitrogen and oxygen atoms in total. The molecule has 1 fully saturated rings. The zero-order valence-electron chi connectivity index (χ0n) is 16.6. The van der Waals surface area contributed by atoms with Crippen LogP contribution in [0.4, 0.5) is 5.82 Å². The fourth-order valence-electron chi connectivity index (χ4n) is 2.90. The molecular formula is C18H32N2O3SSn. The zero-order valence-corrected chi connectivity index (χ0v) is 20.3. The average molecular weight is 475 g/mol. The molecule has 1 aromatic heterocycles. The number of aromatic nitrogens is 1. The third-order valence-corrected chi connectivity index (χ3v) is 12.4. The van der Waals surface area contributed by atoms with E-state index >= 15 is 0 Å². The minimum absolute atomic E-state index is 0.292. The molecule has 0 spiro atoms. The van der Waals surface area contributed by atoms with Crippen molar-refractivity contribution in [3.05, 3.63) is 17.7 Å². The van der Waals surface area contributed by atoms with Crippen LogP contribution < -0.4 is 8.61 Å². The van der Waals surface area contributed by atoms with E-state index in [-0.39, 0.29) is 0 Å². The van der Waals surface area contributed by atoms with E-state index in [2.05, 4.69) is 26.6 Å². The van der Waals surface area contributed by atoms with Crippen molar-refractivity contribution in [1.29, 1.82) is 0 Å². The van der Waals surface area contributed by atoms with Gasteiger partial charge in [-0.2, -0.15) is 0 Å². The van der Waals surface area contributed by atoms with Crippen LogP contribution in [0.25, 0.3) is 0 Å². The van der Waals surface area contributed by atoms with Gasteiger partial charge in [0.1, 0.15) is 0 Å². The molecule has 0 amide bonds. The predicted octanol–water partition coefficient (Wildman–Crippen LogP) is 2.52. The molecular weight excluding hydrogens is 443 g/mol. The van der Waals surface area contributed by atoms with Gasteiger partial charge in [0.05, 0.1) is 0 Å². The molecule has 1 unspecified atom stereocenters. The van der Waals surface area contributed by atoms with Crippen LogP contribution in [-0.4, -0.2) is 63.8 Å². The van der Waals surface area contributed by atoms with E-state index in [4.69, 9.17) is 9.72 Å². The van der Waals surface area contributed by atoms with Crippen molar-refractivity contribution in [2.24, 2.45) is 0 Å². The van der Waals surface area contributed by atoms with Crippen LogP contribution in [0.15, 0.2) is 12.1 Å². The summed E-state index contributed by atoms with van der Waals surface area (Å²) in [7, 11) is -3.23. The standard InChI is InChI=1S/C15H23N2O3S.3CH3.Sn/c1-5-13-11-20-9-8-17(13)14-10-12(6-7-16-14)15(2,3)21(4,18)19;;;;/h6,10,13H,5,8-9,11H2,1-4H3;3*1H3;. The van der Waals surface area contributed by atoms with Crippen molar-refractivity contribution in [3.8, 4) is 0 Å². The van der Waals surface area contributed by atoms with Crippen LogP contribution in [-0.2, 0) is 19.3 Å². The summed E-state index contributed by atoms with van der Waals surface area (Å²) in [6.07, 6.45) is 2.30. The van der Waals surface area contributed by atoms with Crippen LogP contribution in [0.5, 0.6) is 0 Å². The summed E-state index contributed by atoms with van der Waals surface area (Å²) in [6.45, 7) is 7.92. The number of morpholine rings is 1. The van der Waals surface area contributed by atoms with E-state index in [1.807, 2.05) is 12.1 Å². The molecule has 2 heterocycles. The molecule has 1 atom stereocenters. The Labute approximate surface area is 157 Å². The Morgan fingerprint density at radius 3 is 2.48 bits per heavy atom. The van der Waals surface area contributed by atoms with E-state index < -0.39 is 33.0 Å². The van der Waals surface area contributed by atoms with Crippen molar-refractivity contribution in [2.75, 3.05) is 30.9 Å². The molecule has 1 aliphatic rings. The first-order valence-corrected chi connectivity index (χ1v) is 20.8. The van der Waals surface area contributed by atoms with E-state index in [0.29, 0.717) is 19.3 Å². The van der Waals surface area contributed by atoms with Crippen LogP contribution in [0.2, 0.25) is 14.8 Å². The summed E-state index contributed by atoms with van der Waals surface area (Å²) in [5, 5.41) is 0. The van der Waals surface area contributed by atoms with Gasteiger partial charge in [-0.15, -0.1) is 0 Å². The Morgan fingerprint density at radius 2 is 1.96 bits per heavy atom. The Kier molecular flexibility index (Phi) is 6.16. The van der Waals surface area contributed by atoms with E-state index in [0.717, 1.165) is 28.1 Å². The summed E-state index contributed by atoms with van der Waals surface area (Å²) < 4.78 is 30.6. The van der Waals surface area contributed by atoms with Gasteiger partial charge >= 0.3 is 157 Å². The fourth-order valence-corrected chi connectivity index (χ4v) is 6.41. The van der Waals surface area contributed by atoms with Gasteiger partial charge in [-0.05, 0) is 0 Å². The van der Waals surface area contributed by atoms with Gasteiger partial charge in [0.25, 0.3) is 0 Å². The average Bonchev–Trinajstić information content (AvgIpc) is 2.52. The van der Waals surface area contributed by atoms with Crippen molar-refractivity contribution < 1.29 is 13.2 Å². The third-order valence-electron chi connectivity index (χ3n) is 5.20. The molecule has 25 heavy (non-hydrogen) atoms. The minimum atomic E-state index is -3.23. The Bertz CT molecular complexity index is 726. The number of sulfone groups is 1. The summed E-state index contributed by atoms with van der Waals surface area (Å²) >= 11 is -2.48. The molecule has 0 aliphatic carbocycles. The Hall–Kier alpha value is -0.341. The van der Waals surface area contributed by atoms with Gasteiger partial charge in [-0.25, -0.2) is 0 Å². The number of nitrogens with zero attached hydrogens (tertiary/aromatic N) is 2. The first-order chi connectivity index (χ1) is 11.4. The molecule has 0 N–H and O–H groups in total. The first-order valence-electron chi connectivity index (χ1n) is 8.95. The van der Waals surface area contributed by atoms with E-state index in [1.54, 1.807) is 13.8 Å². The van der Waals surface area contributed by atoms with Gasteiger partial charge in [0, 0.05) is 0 Å². The molecule has 0 aromatic carbocycles. The Morgan fingerprint density at radius 1 is 1.32 bits per heavy atom. The SMILES string of the molecule is CCC1COCCN1c1cc(C(C)(C)S(C)(=O)=O)c[c]([Sn]([CH3])([CH3])[CH3])n1. The first kappa shape index (κ1) is 21.0. The second-order valence-electron chi connectivity index (χ2n) is 8.46. The predicted molar refractivity (Wildman–Crippen MR) is 107 cm³/mol.